The summed E-state index contributed by atoms with van der Waals surface area (Å²) in [5, 5.41) is 2.97. The molecule has 2 atom stereocenters. The van der Waals surface area contributed by atoms with Crippen molar-refractivity contribution < 1.29 is 9.53 Å². The Morgan fingerprint density at radius 3 is 3.11 bits per heavy atom. The number of hydrogen-bond donors (Lipinski definition) is 1. The monoisotopic (exact) mass is 248 g/mol. The molecule has 4 nitrogen and oxygen atoms in total. The minimum Gasteiger partial charge on any atom is -0.378 e. The van der Waals surface area contributed by atoms with Crippen molar-refractivity contribution in [2.24, 2.45) is 11.8 Å². The smallest absolute Gasteiger partial charge is 0.252 e. The van der Waals surface area contributed by atoms with Crippen LogP contribution in [0.15, 0.2) is 24.5 Å². The van der Waals surface area contributed by atoms with Gasteiger partial charge in [-0.25, -0.2) is 0 Å². The van der Waals surface area contributed by atoms with Crippen molar-refractivity contribution in [3.63, 3.8) is 0 Å². The molecule has 1 amide bonds. The first kappa shape index (κ1) is 13.0. The highest BCUT2D eigenvalue weighted by atomic mass is 16.5. The molecule has 0 aromatic carbocycles. The summed E-state index contributed by atoms with van der Waals surface area (Å²) < 4.78 is 5.70. The van der Waals surface area contributed by atoms with Crippen LogP contribution in [-0.2, 0) is 4.74 Å². The first-order valence-corrected chi connectivity index (χ1v) is 6.48. The van der Waals surface area contributed by atoms with Gasteiger partial charge in [0.05, 0.1) is 11.7 Å². The van der Waals surface area contributed by atoms with Crippen molar-refractivity contribution in [3.8, 4) is 0 Å². The van der Waals surface area contributed by atoms with E-state index >= 15 is 0 Å². The zero-order valence-corrected chi connectivity index (χ0v) is 10.9. The molecular weight excluding hydrogens is 228 g/mol. The lowest BCUT2D eigenvalue weighted by Gasteiger charge is -2.22. The number of nitrogens with one attached hydrogen (secondary N) is 1. The van der Waals surface area contributed by atoms with E-state index in [4.69, 9.17) is 4.74 Å². The molecule has 0 saturated carbocycles. The quantitative estimate of drug-likeness (QED) is 0.885. The molecule has 0 bridgehead atoms. The van der Waals surface area contributed by atoms with Crippen LogP contribution in [0.1, 0.15) is 30.6 Å². The minimum absolute atomic E-state index is 0.0579. The lowest BCUT2D eigenvalue weighted by atomic mass is 9.93. The van der Waals surface area contributed by atoms with Gasteiger partial charge in [-0.1, -0.05) is 13.8 Å². The zero-order chi connectivity index (χ0) is 13.0. The Balaban J connectivity index is 1.86. The molecule has 98 valence electrons. The molecular formula is C14H20N2O2. The Morgan fingerprint density at radius 2 is 2.44 bits per heavy atom. The molecule has 1 aromatic heterocycles. The predicted molar refractivity (Wildman–Crippen MR) is 69.3 cm³/mol. The van der Waals surface area contributed by atoms with Crippen molar-refractivity contribution >= 4 is 5.91 Å². The SMILES string of the molecule is CC(C)[C@H]1OCC[C@H]1CNC(=O)c1cccnc1. The number of hydrogen-bond acceptors (Lipinski definition) is 3. The molecule has 4 heteroatoms. The second-order valence-electron chi connectivity index (χ2n) is 5.08. The van der Waals surface area contributed by atoms with Crippen LogP contribution in [0.2, 0.25) is 0 Å². The second kappa shape index (κ2) is 5.96. The lowest BCUT2D eigenvalue weighted by molar-refractivity contribution is 0.0533. The van der Waals surface area contributed by atoms with E-state index in [1.807, 2.05) is 0 Å². The molecule has 1 aliphatic rings. The third kappa shape index (κ3) is 3.07. The van der Waals surface area contributed by atoms with Gasteiger partial charge < -0.3 is 10.1 Å². The van der Waals surface area contributed by atoms with Gasteiger partial charge in [0.15, 0.2) is 0 Å². The summed E-state index contributed by atoms with van der Waals surface area (Å²) in [6.07, 6.45) is 4.53. The topological polar surface area (TPSA) is 51.2 Å². The van der Waals surface area contributed by atoms with E-state index in [1.54, 1.807) is 24.5 Å². The lowest BCUT2D eigenvalue weighted by Crippen LogP contribution is -2.34. The Labute approximate surface area is 108 Å². The van der Waals surface area contributed by atoms with Gasteiger partial charge in [0.25, 0.3) is 5.91 Å². The van der Waals surface area contributed by atoms with Crippen molar-refractivity contribution in [1.29, 1.82) is 0 Å². The number of amides is 1. The molecule has 1 N–H and O–H groups in total. The van der Waals surface area contributed by atoms with Crippen molar-refractivity contribution in [1.82, 2.24) is 10.3 Å². The number of ether oxygens (including phenoxy) is 1. The average Bonchev–Trinajstić information content (AvgIpc) is 2.85. The molecule has 0 radical (unpaired) electrons. The van der Waals surface area contributed by atoms with Gasteiger partial charge in [0.1, 0.15) is 0 Å². The van der Waals surface area contributed by atoms with Crippen LogP contribution in [0.4, 0.5) is 0 Å². The van der Waals surface area contributed by atoms with Gasteiger partial charge >= 0.3 is 0 Å². The molecule has 1 aliphatic heterocycles. The van der Waals surface area contributed by atoms with Gasteiger partial charge in [-0.05, 0) is 24.5 Å². The molecule has 1 aromatic rings. The summed E-state index contributed by atoms with van der Waals surface area (Å²) in [6, 6.07) is 3.54. The third-order valence-corrected chi connectivity index (χ3v) is 3.37. The number of nitrogens with zero attached hydrogens (tertiary/aromatic N) is 1. The van der Waals surface area contributed by atoms with E-state index in [0.29, 0.717) is 23.9 Å². The number of pyridine rings is 1. The number of carbonyl (C=O) groups excluding carboxylic acids is 1. The summed E-state index contributed by atoms with van der Waals surface area (Å²) in [5.41, 5.74) is 0.609. The molecule has 2 rings (SSSR count). The summed E-state index contributed by atoms with van der Waals surface area (Å²) in [7, 11) is 0. The molecule has 0 aliphatic carbocycles. The fourth-order valence-electron chi connectivity index (χ4n) is 2.43. The van der Waals surface area contributed by atoms with E-state index in [-0.39, 0.29) is 12.0 Å². The van der Waals surface area contributed by atoms with E-state index in [9.17, 15) is 4.79 Å². The summed E-state index contributed by atoms with van der Waals surface area (Å²) in [6.45, 7) is 5.80. The number of rotatable bonds is 4. The molecule has 1 fully saturated rings. The second-order valence-corrected chi connectivity index (χ2v) is 5.08. The largest absolute Gasteiger partial charge is 0.378 e. The highest BCUT2D eigenvalue weighted by molar-refractivity contribution is 5.93. The summed E-state index contributed by atoms with van der Waals surface area (Å²) in [5.74, 6) is 0.857. The van der Waals surface area contributed by atoms with E-state index in [1.165, 1.54) is 0 Å². The first-order chi connectivity index (χ1) is 8.68. The normalized spacial score (nSPS) is 23.3. The van der Waals surface area contributed by atoms with Crippen LogP contribution in [0, 0.1) is 11.8 Å². The zero-order valence-electron chi connectivity index (χ0n) is 10.9. The van der Waals surface area contributed by atoms with E-state index < -0.39 is 0 Å². The van der Waals surface area contributed by atoms with E-state index in [0.717, 1.165) is 13.0 Å². The maximum Gasteiger partial charge on any atom is 0.252 e. The van der Waals surface area contributed by atoms with Gasteiger partial charge in [-0.15, -0.1) is 0 Å². The summed E-state index contributed by atoms with van der Waals surface area (Å²) in [4.78, 5) is 15.8. The highest BCUT2D eigenvalue weighted by Crippen LogP contribution is 2.26. The molecule has 0 unspecified atom stereocenters. The van der Waals surface area contributed by atoms with Crippen LogP contribution >= 0.6 is 0 Å². The standard InChI is InChI=1S/C14H20N2O2/c1-10(2)13-11(5-7-18-13)9-16-14(17)12-4-3-6-15-8-12/h3-4,6,8,10-11,13H,5,7,9H2,1-2H3,(H,16,17)/t11-,13+/m0/s1. The van der Waals surface area contributed by atoms with Crippen LogP contribution in [0.5, 0.6) is 0 Å². The molecule has 2 heterocycles. The summed E-state index contributed by atoms with van der Waals surface area (Å²) >= 11 is 0. The van der Waals surface area contributed by atoms with Crippen LogP contribution in [0.25, 0.3) is 0 Å². The Kier molecular flexibility index (Phi) is 4.31. The van der Waals surface area contributed by atoms with Crippen molar-refractivity contribution in [3.05, 3.63) is 30.1 Å². The number of aromatic nitrogens is 1. The molecule has 18 heavy (non-hydrogen) atoms. The molecule has 0 spiro atoms. The Bertz CT molecular complexity index is 392. The highest BCUT2D eigenvalue weighted by Gasteiger charge is 2.30. The maximum absolute atomic E-state index is 11.9. The molecule has 1 saturated heterocycles. The minimum atomic E-state index is -0.0579. The third-order valence-electron chi connectivity index (χ3n) is 3.37. The maximum atomic E-state index is 11.9. The van der Waals surface area contributed by atoms with Crippen LogP contribution in [0.3, 0.4) is 0 Å². The Morgan fingerprint density at radius 1 is 1.61 bits per heavy atom. The fourth-order valence-corrected chi connectivity index (χ4v) is 2.43. The predicted octanol–water partition coefficient (Wildman–Crippen LogP) is 1.87. The Hall–Kier alpha value is -1.42. The van der Waals surface area contributed by atoms with Gasteiger partial charge in [0.2, 0.25) is 0 Å². The average molecular weight is 248 g/mol. The fraction of sp³-hybridized carbons (Fsp3) is 0.571. The first-order valence-electron chi connectivity index (χ1n) is 6.48. The van der Waals surface area contributed by atoms with Gasteiger partial charge in [0, 0.05) is 31.5 Å². The van der Waals surface area contributed by atoms with Crippen LogP contribution in [-0.4, -0.2) is 30.1 Å². The van der Waals surface area contributed by atoms with Crippen molar-refractivity contribution in [2.75, 3.05) is 13.2 Å². The van der Waals surface area contributed by atoms with E-state index in [2.05, 4.69) is 24.1 Å². The number of carbonyl (C=O) groups is 1. The van der Waals surface area contributed by atoms with Crippen LogP contribution < -0.4 is 5.32 Å². The van der Waals surface area contributed by atoms with Gasteiger partial charge in [-0.3, -0.25) is 9.78 Å². The van der Waals surface area contributed by atoms with Crippen molar-refractivity contribution in [2.45, 2.75) is 26.4 Å². The van der Waals surface area contributed by atoms with Gasteiger partial charge in [-0.2, -0.15) is 0 Å².